The van der Waals surface area contributed by atoms with Crippen molar-refractivity contribution in [3.8, 4) is 0 Å². The third-order valence-corrected chi connectivity index (χ3v) is 4.61. The van der Waals surface area contributed by atoms with Crippen molar-refractivity contribution in [1.29, 1.82) is 0 Å². The van der Waals surface area contributed by atoms with Gasteiger partial charge >= 0.3 is 0 Å². The molecule has 122 valence electrons. The van der Waals surface area contributed by atoms with E-state index in [0.29, 0.717) is 31.8 Å². The third-order valence-electron chi connectivity index (χ3n) is 4.61. The van der Waals surface area contributed by atoms with Crippen LogP contribution in [0.4, 0.5) is 0 Å². The van der Waals surface area contributed by atoms with Crippen molar-refractivity contribution in [2.45, 2.75) is 12.3 Å². The summed E-state index contributed by atoms with van der Waals surface area (Å²) in [5.41, 5.74) is 2.74. The third kappa shape index (κ3) is 3.01. The normalized spacial score (nSPS) is 21.0. The van der Waals surface area contributed by atoms with Crippen LogP contribution in [-0.4, -0.2) is 62.0 Å². The van der Waals surface area contributed by atoms with Crippen molar-refractivity contribution in [2.75, 3.05) is 40.4 Å². The van der Waals surface area contributed by atoms with Crippen LogP contribution < -0.4 is 0 Å². The van der Waals surface area contributed by atoms with Gasteiger partial charge in [0.1, 0.15) is 0 Å². The number of rotatable bonds is 3. The predicted molar refractivity (Wildman–Crippen MR) is 87.3 cm³/mol. The number of methoxy groups -OCH3 is 1. The summed E-state index contributed by atoms with van der Waals surface area (Å²) >= 11 is 0. The summed E-state index contributed by atoms with van der Waals surface area (Å²) in [6.45, 7) is 2.41. The number of benzene rings is 1. The summed E-state index contributed by atoms with van der Waals surface area (Å²) < 4.78 is 5.15. The van der Waals surface area contributed by atoms with Gasteiger partial charge in [-0.3, -0.25) is 9.59 Å². The first-order chi connectivity index (χ1) is 11.1. The van der Waals surface area contributed by atoms with E-state index in [-0.39, 0.29) is 17.7 Å². The minimum Gasteiger partial charge on any atom is -0.380 e. The number of carbonyl (C=O) groups is 2. The van der Waals surface area contributed by atoms with E-state index in [0.717, 1.165) is 12.0 Å². The van der Waals surface area contributed by atoms with Crippen LogP contribution in [0.15, 0.2) is 35.9 Å². The summed E-state index contributed by atoms with van der Waals surface area (Å²) in [6, 6.07) is 7.45. The van der Waals surface area contributed by atoms with Crippen LogP contribution in [0, 0.1) is 0 Å². The molecule has 1 unspecified atom stereocenters. The Balaban J connectivity index is 1.81. The molecule has 0 saturated carbocycles. The van der Waals surface area contributed by atoms with Crippen LogP contribution >= 0.6 is 0 Å². The van der Waals surface area contributed by atoms with Gasteiger partial charge in [0.25, 0.3) is 5.91 Å². The zero-order chi connectivity index (χ0) is 16.4. The van der Waals surface area contributed by atoms with Crippen LogP contribution in [0.25, 0.3) is 0 Å². The van der Waals surface area contributed by atoms with Gasteiger partial charge in [0.05, 0.1) is 12.5 Å². The number of nitrogens with zero attached hydrogens (tertiary/aromatic N) is 2. The highest BCUT2D eigenvalue weighted by molar-refractivity contribution is 6.00. The molecule has 2 aliphatic rings. The molecule has 5 heteroatoms. The van der Waals surface area contributed by atoms with Crippen molar-refractivity contribution < 1.29 is 14.3 Å². The smallest absolute Gasteiger partial charge is 0.253 e. The zero-order valence-electron chi connectivity index (χ0n) is 13.6. The van der Waals surface area contributed by atoms with Crippen LogP contribution in [0.2, 0.25) is 0 Å². The Morgan fingerprint density at radius 1 is 1.35 bits per heavy atom. The van der Waals surface area contributed by atoms with E-state index >= 15 is 0 Å². The second kappa shape index (κ2) is 6.54. The monoisotopic (exact) mass is 314 g/mol. The van der Waals surface area contributed by atoms with E-state index in [2.05, 4.69) is 6.08 Å². The van der Waals surface area contributed by atoms with Gasteiger partial charge in [-0.1, -0.05) is 24.3 Å². The topological polar surface area (TPSA) is 49.9 Å². The zero-order valence-corrected chi connectivity index (χ0v) is 13.6. The molecule has 23 heavy (non-hydrogen) atoms. The van der Waals surface area contributed by atoms with Crippen LogP contribution in [0.5, 0.6) is 0 Å². The van der Waals surface area contributed by atoms with Gasteiger partial charge in [-0.05, 0) is 23.6 Å². The Hall–Kier alpha value is -2.14. The molecule has 0 N–H and O–H groups in total. The van der Waals surface area contributed by atoms with Gasteiger partial charge in [-0.25, -0.2) is 0 Å². The Labute approximate surface area is 136 Å². The molecule has 0 aromatic heterocycles. The lowest BCUT2D eigenvalue weighted by Crippen LogP contribution is -2.46. The number of carbonyl (C=O) groups excluding carboxylic acids is 2. The molecule has 0 spiro atoms. The lowest BCUT2D eigenvalue weighted by Gasteiger charge is -2.35. The maximum Gasteiger partial charge on any atom is 0.253 e. The van der Waals surface area contributed by atoms with Crippen molar-refractivity contribution >= 4 is 11.8 Å². The first-order valence-corrected chi connectivity index (χ1v) is 7.92. The molecule has 1 atom stereocenters. The predicted octanol–water partition coefficient (Wildman–Crippen LogP) is 1.66. The Morgan fingerprint density at radius 2 is 2.13 bits per heavy atom. The number of fused-ring (bicyclic) bond motifs is 1. The summed E-state index contributed by atoms with van der Waals surface area (Å²) in [4.78, 5) is 28.7. The lowest BCUT2D eigenvalue weighted by molar-refractivity contribution is -0.132. The maximum atomic E-state index is 13.0. The average Bonchev–Trinajstić information content (AvgIpc) is 2.58. The molecule has 0 saturated heterocycles. The van der Waals surface area contributed by atoms with Crippen molar-refractivity contribution in [2.24, 2.45) is 0 Å². The molecule has 1 aromatic carbocycles. The van der Waals surface area contributed by atoms with Crippen molar-refractivity contribution in [3.05, 3.63) is 47.0 Å². The minimum absolute atomic E-state index is 0.00873. The molecule has 2 amide bonds. The van der Waals surface area contributed by atoms with E-state index < -0.39 is 0 Å². The molecule has 0 aliphatic carbocycles. The van der Waals surface area contributed by atoms with Crippen molar-refractivity contribution in [3.63, 3.8) is 0 Å². The first kappa shape index (κ1) is 15.7. The number of hydrogen-bond acceptors (Lipinski definition) is 3. The maximum absolute atomic E-state index is 13.0. The van der Waals surface area contributed by atoms with Gasteiger partial charge in [-0.15, -0.1) is 0 Å². The molecule has 1 aromatic rings. The summed E-state index contributed by atoms with van der Waals surface area (Å²) in [5.74, 6) is -0.179. The van der Waals surface area contributed by atoms with E-state index in [1.165, 1.54) is 5.57 Å². The van der Waals surface area contributed by atoms with E-state index in [9.17, 15) is 9.59 Å². The second-order valence-electron chi connectivity index (χ2n) is 6.16. The van der Waals surface area contributed by atoms with Crippen LogP contribution in [0.1, 0.15) is 28.3 Å². The van der Waals surface area contributed by atoms with E-state index in [1.807, 2.05) is 23.1 Å². The van der Waals surface area contributed by atoms with Gasteiger partial charge in [0, 0.05) is 39.4 Å². The van der Waals surface area contributed by atoms with E-state index in [1.54, 1.807) is 25.1 Å². The fourth-order valence-corrected chi connectivity index (χ4v) is 3.32. The summed E-state index contributed by atoms with van der Waals surface area (Å²) in [7, 11) is 3.44. The molecular formula is C18H22N2O3. The molecule has 0 radical (unpaired) electrons. The minimum atomic E-state index is -0.272. The molecule has 2 heterocycles. The summed E-state index contributed by atoms with van der Waals surface area (Å²) in [5, 5.41) is 0. The largest absolute Gasteiger partial charge is 0.380 e. The number of amides is 2. The number of ether oxygens (including phenoxy) is 1. The highest BCUT2D eigenvalue weighted by Crippen LogP contribution is 2.29. The van der Waals surface area contributed by atoms with Crippen LogP contribution in [-0.2, 0) is 9.53 Å². The Bertz CT molecular complexity index is 653. The van der Waals surface area contributed by atoms with Gasteiger partial charge in [0.15, 0.2) is 0 Å². The van der Waals surface area contributed by atoms with Crippen molar-refractivity contribution in [1.82, 2.24) is 9.80 Å². The first-order valence-electron chi connectivity index (χ1n) is 7.92. The molecule has 2 aliphatic heterocycles. The quantitative estimate of drug-likeness (QED) is 0.797. The molecule has 0 fully saturated rings. The SMILES string of the molecule is COCC1=CCN(C(=O)C2CN(C)C(=O)c3ccccc32)CC1. The summed E-state index contributed by atoms with van der Waals surface area (Å²) in [6.07, 6.45) is 2.93. The average molecular weight is 314 g/mol. The van der Waals surface area contributed by atoms with E-state index in [4.69, 9.17) is 4.74 Å². The second-order valence-corrected chi connectivity index (χ2v) is 6.16. The number of likely N-dealkylation sites (N-methyl/N-ethyl adjacent to an activating group) is 1. The number of hydrogen-bond donors (Lipinski definition) is 0. The highest BCUT2D eigenvalue weighted by Gasteiger charge is 2.35. The lowest BCUT2D eigenvalue weighted by atomic mass is 9.88. The highest BCUT2D eigenvalue weighted by atomic mass is 16.5. The Morgan fingerprint density at radius 3 is 2.83 bits per heavy atom. The standard InChI is InChI=1S/C18H22N2O3/c1-19-11-16(14-5-3-4-6-15(14)17(19)21)18(22)20-9-7-13(8-10-20)12-23-2/h3-7,16H,8-12H2,1-2H3. The molecule has 5 nitrogen and oxygen atoms in total. The van der Waals surface area contributed by atoms with Crippen LogP contribution in [0.3, 0.4) is 0 Å². The fourth-order valence-electron chi connectivity index (χ4n) is 3.32. The van der Waals surface area contributed by atoms with Gasteiger partial charge in [-0.2, -0.15) is 0 Å². The molecular weight excluding hydrogens is 292 g/mol. The van der Waals surface area contributed by atoms with Gasteiger partial charge in [0.2, 0.25) is 5.91 Å². The Kier molecular flexibility index (Phi) is 4.48. The molecule has 3 rings (SSSR count). The fraction of sp³-hybridized carbons (Fsp3) is 0.444. The van der Waals surface area contributed by atoms with Gasteiger partial charge < -0.3 is 14.5 Å². The molecule has 0 bridgehead atoms.